The second kappa shape index (κ2) is 8.23. The van der Waals surface area contributed by atoms with Crippen LogP contribution in [0.3, 0.4) is 0 Å². The van der Waals surface area contributed by atoms with E-state index in [0.717, 1.165) is 31.2 Å². The van der Waals surface area contributed by atoms with Crippen LogP contribution in [0.1, 0.15) is 41.6 Å². The largest absolute Gasteiger partial charge is 0.484 e. The Balaban J connectivity index is 1.32. The topological polar surface area (TPSA) is 58.6 Å². The third-order valence-corrected chi connectivity index (χ3v) is 5.85. The van der Waals surface area contributed by atoms with E-state index in [0.29, 0.717) is 11.3 Å². The lowest BCUT2D eigenvalue weighted by Crippen LogP contribution is -2.53. The minimum absolute atomic E-state index is 0.00128. The molecule has 152 valence electrons. The molecule has 2 fully saturated rings. The third-order valence-electron chi connectivity index (χ3n) is 5.85. The fourth-order valence-electron chi connectivity index (χ4n) is 4.43. The van der Waals surface area contributed by atoms with Gasteiger partial charge in [0.2, 0.25) is 0 Å². The molecule has 2 bridgehead atoms. The van der Waals surface area contributed by atoms with Gasteiger partial charge in [-0.15, -0.1) is 0 Å². The van der Waals surface area contributed by atoms with Crippen LogP contribution in [0.2, 0.25) is 0 Å². The molecule has 1 N–H and O–H groups in total. The number of nitrogens with zero attached hydrogens (tertiary/aromatic N) is 1. The van der Waals surface area contributed by atoms with Crippen molar-refractivity contribution in [1.82, 2.24) is 10.2 Å². The van der Waals surface area contributed by atoms with Gasteiger partial charge in [-0.3, -0.25) is 9.59 Å². The first-order valence-corrected chi connectivity index (χ1v) is 10.1. The van der Waals surface area contributed by atoms with Crippen LogP contribution in [0.4, 0.5) is 4.39 Å². The summed E-state index contributed by atoms with van der Waals surface area (Å²) in [5.41, 5.74) is 1.59. The minimum atomic E-state index is -0.362. The Morgan fingerprint density at radius 1 is 1.03 bits per heavy atom. The number of carbonyl (C=O) groups excluding carboxylic acids is 2. The summed E-state index contributed by atoms with van der Waals surface area (Å²) < 4.78 is 18.7. The van der Waals surface area contributed by atoms with Gasteiger partial charge in [0.25, 0.3) is 11.8 Å². The van der Waals surface area contributed by atoms with E-state index < -0.39 is 0 Å². The van der Waals surface area contributed by atoms with E-state index in [1.54, 1.807) is 0 Å². The van der Waals surface area contributed by atoms with E-state index in [1.807, 2.05) is 36.1 Å². The van der Waals surface area contributed by atoms with Crippen molar-refractivity contribution >= 4 is 11.8 Å². The zero-order valence-electron chi connectivity index (χ0n) is 16.4. The number of benzene rings is 2. The smallest absolute Gasteiger partial charge is 0.261 e. The molecule has 3 atom stereocenters. The number of hydrogen-bond acceptors (Lipinski definition) is 3. The lowest BCUT2D eigenvalue weighted by atomic mass is 9.96. The van der Waals surface area contributed by atoms with Crippen molar-refractivity contribution in [2.45, 2.75) is 50.7 Å². The average Bonchev–Trinajstić information content (AvgIpc) is 2.98. The maximum Gasteiger partial charge on any atom is 0.261 e. The number of aryl methyl sites for hydroxylation is 1. The molecular weight excluding hydrogens is 371 g/mol. The van der Waals surface area contributed by atoms with Crippen LogP contribution in [-0.4, -0.2) is 41.4 Å². The van der Waals surface area contributed by atoms with Crippen LogP contribution in [0.15, 0.2) is 48.5 Å². The molecule has 2 aliphatic heterocycles. The van der Waals surface area contributed by atoms with Crippen LogP contribution in [0, 0.1) is 12.7 Å². The molecule has 2 aromatic carbocycles. The van der Waals surface area contributed by atoms with Gasteiger partial charge in [0.1, 0.15) is 11.6 Å². The van der Waals surface area contributed by atoms with E-state index in [-0.39, 0.29) is 42.4 Å². The van der Waals surface area contributed by atoms with Gasteiger partial charge in [0.05, 0.1) is 0 Å². The first-order valence-electron chi connectivity index (χ1n) is 10.1. The zero-order valence-corrected chi connectivity index (χ0v) is 16.4. The molecule has 2 aliphatic rings. The molecule has 2 aromatic rings. The highest BCUT2D eigenvalue weighted by Crippen LogP contribution is 2.36. The number of amides is 2. The summed E-state index contributed by atoms with van der Waals surface area (Å²) in [5.74, 6) is 0.135. The quantitative estimate of drug-likeness (QED) is 0.842. The van der Waals surface area contributed by atoms with Crippen LogP contribution in [-0.2, 0) is 4.79 Å². The SMILES string of the molecule is Cc1ccc(OCC(=O)N2[C@@H]3CC[C@H]2CC(NC(=O)c2ccc(F)cc2)C3)cc1. The van der Waals surface area contributed by atoms with Gasteiger partial charge in [-0.1, -0.05) is 17.7 Å². The van der Waals surface area contributed by atoms with Crippen molar-refractivity contribution in [2.75, 3.05) is 6.61 Å². The van der Waals surface area contributed by atoms with Crippen molar-refractivity contribution in [1.29, 1.82) is 0 Å². The molecule has 2 heterocycles. The fourth-order valence-corrected chi connectivity index (χ4v) is 4.43. The van der Waals surface area contributed by atoms with E-state index in [9.17, 15) is 14.0 Å². The number of nitrogens with one attached hydrogen (secondary N) is 1. The number of carbonyl (C=O) groups is 2. The number of ether oxygens (including phenoxy) is 1. The lowest BCUT2D eigenvalue weighted by molar-refractivity contribution is -0.138. The normalized spacial score (nSPS) is 23.0. The van der Waals surface area contributed by atoms with Gasteiger partial charge in [0.15, 0.2) is 6.61 Å². The van der Waals surface area contributed by atoms with E-state index in [1.165, 1.54) is 24.3 Å². The van der Waals surface area contributed by atoms with Crippen molar-refractivity contribution in [2.24, 2.45) is 0 Å². The van der Waals surface area contributed by atoms with Gasteiger partial charge in [-0.2, -0.15) is 0 Å². The highest BCUT2D eigenvalue weighted by Gasteiger charge is 2.43. The van der Waals surface area contributed by atoms with Gasteiger partial charge in [0, 0.05) is 23.7 Å². The van der Waals surface area contributed by atoms with Crippen LogP contribution >= 0.6 is 0 Å². The molecule has 0 aliphatic carbocycles. The average molecular weight is 396 g/mol. The monoisotopic (exact) mass is 396 g/mol. The molecule has 0 saturated carbocycles. The predicted molar refractivity (Wildman–Crippen MR) is 107 cm³/mol. The Morgan fingerprint density at radius 2 is 1.66 bits per heavy atom. The number of rotatable bonds is 5. The summed E-state index contributed by atoms with van der Waals surface area (Å²) in [6, 6.07) is 13.5. The summed E-state index contributed by atoms with van der Waals surface area (Å²) >= 11 is 0. The highest BCUT2D eigenvalue weighted by atomic mass is 19.1. The summed E-state index contributed by atoms with van der Waals surface area (Å²) in [5, 5.41) is 3.05. The molecule has 2 saturated heterocycles. The summed E-state index contributed by atoms with van der Waals surface area (Å²) in [6.45, 7) is 2.04. The standard InChI is InChI=1S/C23H25FN2O3/c1-15-2-10-21(11-3-15)29-14-22(27)26-19-8-9-20(26)13-18(12-19)25-23(28)16-4-6-17(24)7-5-16/h2-7,10-11,18-20H,8-9,12-14H2,1H3,(H,25,28)/t18?,19-,20+. The molecular formula is C23H25FN2O3. The Bertz CT molecular complexity index is 868. The van der Waals surface area contributed by atoms with Gasteiger partial charge < -0.3 is 15.0 Å². The van der Waals surface area contributed by atoms with Crippen LogP contribution in [0.25, 0.3) is 0 Å². The molecule has 5 nitrogen and oxygen atoms in total. The van der Waals surface area contributed by atoms with E-state index in [2.05, 4.69) is 5.32 Å². The second-order valence-electron chi connectivity index (χ2n) is 7.94. The molecule has 1 unspecified atom stereocenters. The first-order chi connectivity index (χ1) is 14.0. The molecule has 4 rings (SSSR count). The number of halogens is 1. The van der Waals surface area contributed by atoms with Crippen molar-refractivity contribution in [3.8, 4) is 5.75 Å². The predicted octanol–water partition coefficient (Wildman–Crippen LogP) is 3.46. The molecule has 0 spiro atoms. The Hall–Kier alpha value is -2.89. The van der Waals surface area contributed by atoms with Gasteiger partial charge >= 0.3 is 0 Å². The van der Waals surface area contributed by atoms with Crippen LogP contribution in [0.5, 0.6) is 5.75 Å². The maximum atomic E-state index is 13.0. The highest BCUT2D eigenvalue weighted by molar-refractivity contribution is 5.94. The number of fused-ring (bicyclic) bond motifs is 2. The van der Waals surface area contributed by atoms with E-state index in [4.69, 9.17) is 4.74 Å². The van der Waals surface area contributed by atoms with Crippen molar-refractivity contribution in [3.63, 3.8) is 0 Å². The van der Waals surface area contributed by atoms with Crippen molar-refractivity contribution in [3.05, 3.63) is 65.5 Å². The van der Waals surface area contributed by atoms with E-state index >= 15 is 0 Å². The first kappa shape index (κ1) is 19.4. The fraction of sp³-hybridized carbons (Fsp3) is 0.391. The van der Waals surface area contributed by atoms with Gasteiger partial charge in [-0.25, -0.2) is 4.39 Å². The molecule has 6 heteroatoms. The number of piperidine rings is 1. The Morgan fingerprint density at radius 3 is 2.28 bits per heavy atom. The Kier molecular flexibility index (Phi) is 5.51. The second-order valence-corrected chi connectivity index (χ2v) is 7.94. The number of hydrogen-bond donors (Lipinski definition) is 1. The molecule has 0 aromatic heterocycles. The summed E-state index contributed by atoms with van der Waals surface area (Å²) in [7, 11) is 0. The molecule has 29 heavy (non-hydrogen) atoms. The summed E-state index contributed by atoms with van der Waals surface area (Å²) in [4.78, 5) is 27.1. The third kappa shape index (κ3) is 4.42. The summed E-state index contributed by atoms with van der Waals surface area (Å²) in [6.07, 6.45) is 3.37. The minimum Gasteiger partial charge on any atom is -0.484 e. The van der Waals surface area contributed by atoms with Crippen molar-refractivity contribution < 1.29 is 18.7 Å². The van der Waals surface area contributed by atoms with Gasteiger partial charge in [-0.05, 0) is 69.0 Å². The lowest BCUT2D eigenvalue weighted by Gasteiger charge is -2.39. The van der Waals surface area contributed by atoms with Crippen LogP contribution < -0.4 is 10.1 Å². The zero-order chi connectivity index (χ0) is 20.4. The molecule has 0 radical (unpaired) electrons. The molecule has 2 amide bonds. The Labute approximate surface area is 169 Å². The maximum absolute atomic E-state index is 13.0.